The molecule has 0 saturated heterocycles. The van der Waals surface area contributed by atoms with Crippen LogP contribution in [0.25, 0.3) is 32.7 Å². The number of benzene rings is 3. The maximum absolute atomic E-state index is 10.8. The zero-order chi connectivity index (χ0) is 30.4. The topological polar surface area (TPSA) is 159 Å². The van der Waals surface area contributed by atoms with Gasteiger partial charge in [0.05, 0.1) is 34.5 Å². The molecule has 3 aromatic heterocycles. The third-order valence-electron chi connectivity index (χ3n) is 6.62. The number of carbonyl (C=O) groups excluding carboxylic acids is 3. The van der Waals surface area contributed by atoms with Crippen molar-refractivity contribution >= 4 is 68.0 Å². The first kappa shape index (κ1) is 32.3. The summed E-state index contributed by atoms with van der Waals surface area (Å²) in [4.78, 5) is 44.5. The number of aromatic carboxylic acids is 3. The largest absolute Gasteiger partial charge is 3.00 e. The Kier molecular flexibility index (Phi) is 10.6. The van der Waals surface area contributed by atoms with E-state index in [-0.39, 0.29) is 34.1 Å². The van der Waals surface area contributed by atoms with Crippen molar-refractivity contribution in [3.63, 3.8) is 0 Å². The van der Waals surface area contributed by atoms with Crippen LogP contribution in [0, 0.1) is 20.8 Å². The molecule has 0 aliphatic carbocycles. The Balaban J connectivity index is 0.000000175. The molecule has 43 heavy (non-hydrogen) atoms. The first-order chi connectivity index (χ1) is 20.1. The molecule has 3 aromatic carbocycles. The maximum atomic E-state index is 10.8. The summed E-state index contributed by atoms with van der Waals surface area (Å²) in [6.07, 6.45) is 4.73. The summed E-state index contributed by atoms with van der Waals surface area (Å²) in [5.74, 6) is -3.56. The van der Waals surface area contributed by atoms with Gasteiger partial charge in [-0.25, -0.2) is 0 Å². The minimum Gasteiger partial charge on any atom is -0.545 e. The Labute approximate surface area is 257 Å². The van der Waals surface area contributed by atoms with Gasteiger partial charge in [-0.1, -0.05) is 54.6 Å². The molecule has 10 heteroatoms. The molecular formula is C33H24AlN3O6. The summed E-state index contributed by atoms with van der Waals surface area (Å²) in [5, 5.41) is 34.9. The van der Waals surface area contributed by atoms with Gasteiger partial charge >= 0.3 is 17.4 Å². The summed E-state index contributed by atoms with van der Waals surface area (Å²) < 4.78 is 0. The summed E-state index contributed by atoms with van der Waals surface area (Å²) in [7, 11) is 0. The number of aromatic nitrogens is 3. The Hall–Kier alpha value is -5.17. The fourth-order valence-corrected chi connectivity index (χ4v) is 4.44. The number of hydrogen-bond acceptors (Lipinski definition) is 9. The van der Waals surface area contributed by atoms with Crippen molar-refractivity contribution in [2.75, 3.05) is 0 Å². The Morgan fingerprint density at radius 3 is 0.953 bits per heavy atom. The molecule has 6 aromatic rings. The molecule has 0 saturated carbocycles. The number of rotatable bonds is 3. The third-order valence-corrected chi connectivity index (χ3v) is 6.62. The van der Waals surface area contributed by atoms with Crippen molar-refractivity contribution in [3.8, 4) is 0 Å². The van der Waals surface area contributed by atoms with E-state index in [1.165, 1.54) is 18.2 Å². The minimum absolute atomic E-state index is 0. The van der Waals surface area contributed by atoms with Crippen molar-refractivity contribution in [3.05, 3.63) is 125 Å². The summed E-state index contributed by atoms with van der Waals surface area (Å²) in [6.45, 7) is 5.76. The molecule has 0 spiro atoms. The second kappa shape index (κ2) is 14.1. The molecule has 0 fully saturated rings. The fourth-order valence-electron chi connectivity index (χ4n) is 4.44. The molecule has 0 bridgehead atoms. The van der Waals surface area contributed by atoms with Gasteiger partial charge in [0.1, 0.15) is 0 Å². The van der Waals surface area contributed by atoms with E-state index in [9.17, 15) is 29.7 Å². The third kappa shape index (κ3) is 7.19. The second-order valence-corrected chi connectivity index (χ2v) is 9.35. The maximum Gasteiger partial charge on any atom is 3.00 e. The predicted octanol–water partition coefficient (Wildman–Crippen LogP) is 2.34. The quantitative estimate of drug-likeness (QED) is 0.284. The minimum atomic E-state index is -1.19. The molecule has 0 amide bonds. The molecule has 9 nitrogen and oxygen atoms in total. The van der Waals surface area contributed by atoms with Crippen molar-refractivity contribution in [1.82, 2.24) is 15.0 Å². The average molecular weight is 586 g/mol. The van der Waals surface area contributed by atoms with Gasteiger partial charge in [-0.15, -0.1) is 0 Å². The van der Waals surface area contributed by atoms with E-state index in [1.54, 1.807) is 55.0 Å². The van der Waals surface area contributed by atoms with Crippen LogP contribution in [-0.4, -0.2) is 50.2 Å². The van der Waals surface area contributed by atoms with Crippen LogP contribution >= 0.6 is 0 Å². The molecule has 0 aliphatic heterocycles. The number of hydrogen-bond donors (Lipinski definition) is 0. The van der Waals surface area contributed by atoms with E-state index in [2.05, 4.69) is 15.0 Å². The Morgan fingerprint density at radius 1 is 0.465 bits per heavy atom. The smallest absolute Gasteiger partial charge is 0.545 e. The normalized spacial score (nSPS) is 10.1. The number of carbonyl (C=O) groups is 3. The first-order valence-electron chi connectivity index (χ1n) is 12.8. The van der Waals surface area contributed by atoms with Gasteiger partial charge in [0.25, 0.3) is 0 Å². The van der Waals surface area contributed by atoms with Crippen LogP contribution in [0.4, 0.5) is 0 Å². The van der Waals surface area contributed by atoms with Crippen molar-refractivity contribution in [2.45, 2.75) is 20.8 Å². The van der Waals surface area contributed by atoms with Crippen molar-refractivity contribution in [1.29, 1.82) is 0 Å². The Morgan fingerprint density at radius 2 is 0.721 bits per heavy atom. The second-order valence-electron chi connectivity index (χ2n) is 9.35. The summed E-state index contributed by atoms with van der Waals surface area (Å²) in [6, 6.07) is 20.8. The summed E-state index contributed by atoms with van der Waals surface area (Å²) in [5.41, 5.74) is 4.95. The molecule has 0 radical (unpaired) electrons. The Bertz CT molecular complexity index is 1750. The van der Waals surface area contributed by atoms with E-state index in [0.29, 0.717) is 16.6 Å². The fraction of sp³-hybridized carbons (Fsp3) is 0.0909. The van der Waals surface area contributed by atoms with Gasteiger partial charge in [-0.2, -0.15) is 0 Å². The molecule has 0 N–H and O–H groups in total. The van der Waals surface area contributed by atoms with Crippen LogP contribution in [-0.2, 0) is 0 Å². The molecule has 0 aliphatic rings. The zero-order valence-corrected chi connectivity index (χ0v) is 24.7. The molecule has 6 rings (SSSR count). The standard InChI is InChI=1S/3C11H9NO2.Al/c3*1-7-4-5-9(11(13)14)10-8(7)3-2-6-12-10;/h3*2-6H,1H3,(H,13,14);/q;;;+3/p-3. The van der Waals surface area contributed by atoms with E-state index in [1.807, 2.05) is 39.0 Å². The van der Waals surface area contributed by atoms with Crippen LogP contribution in [0.3, 0.4) is 0 Å². The molecule has 3 heterocycles. The van der Waals surface area contributed by atoms with E-state index in [0.717, 1.165) is 32.8 Å². The number of carboxylic acids is 3. The van der Waals surface area contributed by atoms with Crippen molar-refractivity contribution in [2.24, 2.45) is 0 Å². The molecular weight excluding hydrogens is 561 g/mol. The van der Waals surface area contributed by atoms with Crippen LogP contribution in [0.2, 0.25) is 0 Å². The monoisotopic (exact) mass is 585 g/mol. The van der Waals surface area contributed by atoms with Gasteiger partial charge in [-0.3, -0.25) is 15.0 Å². The number of fused-ring (bicyclic) bond motifs is 3. The van der Waals surface area contributed by atoms with Crippen LogP contribution in [0.5, 0.6) is 0 Å². The van der Waals surface area contributed by atoms with Gasteiger partial charge in [0, 0.05) is 51.4 Å². The molecule has 0 atom stereocenters. The van der Waals surface area contributed by atoms with Crippen LogP contribution in [0.1, 0.15) is 47.8 Å². The average Bonchev–Trinajstić information content (AvgIpc) is 2.98. The van der Waals surface area contributed by atoms with E-state index < -0.39 is 17.9 Å². The number of pyridine rings is 3. The van der Waals surface area contributed by atoms with Crippen LogP contribution in [0.15, 0.2) is 91.4 Å². The first-order valence-corrected chi connectivity index (χ1v) is 12.8. The zero-order valence-electron chi connectivity index (χ0n) is 23.5. The number of nitrogens with zero attached hydrogens (tertiary/aromatic N) is 3. The van der Waals surface area contributed by atoms with E-state index >= 15 is 0 Å². The van der Waals surface area contributed by atoms with Gasteiger partial charge in [-0.05, 0) is 55.7 Å². The van der Waals surface area contributed by atoms with Crippen LogP contribution < -0.4 is 15.3 Å². The number of carboxylic acid groups (broad SMARTS) is 3. The van der Waals surface area contributed by atoms with E-state index in [4.69, 9.17) is 0 Å². The molecule has 0 unspecified atom stereocenters. The SMILES string of the molecule is Cc1ccc(C(=O)[O-])c2ncccc12.Cc1ccc(C(=O)[O-])c2ncccc12.Cc1ccc(C(=O)[O-])c2ncccc12.[Al+3]. The van der Waals surface area contributed by atoms with Gasteiger partial charge < -0.3 is 29.7 Å². The van der Waals surface area contributed by atoms with Gasteiger partial charge in [0.15, 0.2) is 0 Å². The van der Waals surface area contributed by atoms with Gasteiger partial charge in [0.2, 0.25) is 0 Å². The molecule has 210 valence electrons. The number of aryl methyl sites for hydroxylation is 3. The van der Waals surface area contributed by atoms with Crippen molar-refractivity contribution < 1.29 is 29.7 Å². The summed E-state index contributed by atoms with van der Waals surface area (Å²) >= 11 is 0. The predicted molar refractivity (Wildman–Crippen MR) is 158 cm³/mol.